The van der Waals surface area contributed by atoms with Crippen molar-refractivity contribution in [2.45, 2.75) is 25.9 Å². The van der Waals surface area contributed by atoms with E-state index in [1.165, 1.54) is 0 Å². The Bertz CT molecular complexity index is 568. The molecule has 0 aliphatic rings. The van der Waals surface area contributed by atoms with Crippen molar-refractivity contribution < 1.29 is 0 Å². The van der Waals surface area contributed by atoms with Crippen LogP contribution in [0.3, 0.4) is 0 Å². The molecular formula is C13H16BrClN4. The summed E-state index contributed by atoms with van der Waals surface area (Å²) in [6.45, 7) is 4.19. The highest BCUT2D eigenvalue weighted by atomic mass is 79.9. The van der Waals surface area contributed by atoms with Crippen molar-refractivity contribution in [3.63, 3.8) is 0 Å². The number of nitrogens with zero attached hydrogens (tertiary/aromatic N) is 3. The molecule has 0 fully saturated rings. The van der Waals surface area contributed by atoms with E-state index in [1.807, 2.05) is 23.9 Å². The molecule has 0 radical (unpaired) electrons. The van der Waals surface area contributed by atoms with Gasteiger partial charge in [0, 0.05) is 12.2 Å². The van der Waals surface area contributed by atoms with Crippen molar-refractivity contribution in [3.8, 4) is 0 Å². The first kappa shape index (κ1) is 14.5. The smallest absolute Gasteiger partial charge is 0.0946 e. The van der Waals surface area contributed by atoms with Gasteiger partial charge in [-0.25, -0.2) is 0 Å². The van der Waals surface area contributed by atoms with Gasteiger partial charge in [0.15, 0.2) is 0 Å². The second-order valence-electron chi connectivity index (χ2n) is 4.51. The molecule has 102 valence electrons. The fourth-order valence-electron chi connectivity index (χ4n) is 2.05. The number of rotatable bonds is 4. The molecule has 2 rings (SSSR count). The van der Waals surface area contributed by atoms with Gasteiger partial charge in [-0.05, 0) is 49.0 Å². The maximum atomic E-state index is 6.25. The second kappa shape index (κ2) is 6.03. The van der Waals surface area contributed by atoms with Gasteiger partial charge in [0.25, 0.3) is 0 Å². The third-order valence-electron chi connectivity index (χ3n) is 2.90. The lowest BCUT2D eigenvalue weighted by Gasteiger charge is -2.21. The molecule has 0 spiro atoms. The third-order valence-corrected chi connectivity index (χ3v) is 3.83. The Balaban J connectivity index is 2.55. The van der Waals surface area contributed by atoms with Gasteiger partial charge in [0.1, 0.15) is 0 Å². The van der Waals surface area contributed by atoms with Crippen LogP contribution in [0.1, 0.15) is 37.3 Å². The fraction of sp³-hybridized carbons (Fsp3) is 0.385. The molecule has 1 atom stereocenters. The van der Waals surface area contributed by atoms with Gasteiger partial charge in [-0.15, -0.1) is 0 Å². The van der Waals surface area contributed by atoms with Gasteiger partial charge in [0.2, 0.25) is 0 Å². The van der Waals surface area contributed by atoms with Crippen LogP contribution in [0.5, 0.6) is 0 Å². The zero-order valence-corrected chi connectivity index (χ0v) is 13.4. The van der Waals surface area contributed by atoms with Crippen molar-refractivity contribution in [2.75, 3.05) is 7.05 Å². The van der Waals surface area contributed by atoms with Crippen molar-refractivity contribution in [1.82, 2.24) is 20.1 Å². The Morgan fingerprint density at radius 2 is 2.16 bits per heavy atom. The molecular weight excluding hydrogens is 328 g/mol. The molecule has 2 aromatic heterocycles. The first-order chi connectivity index (χ1) is 9.06. The normalized spacial score (nSPS) is 12.9. The van der Waals surface area contributed by atoms with E-state index >= 15 is 0 Å². The maximum absolute atomic E-state index is 6.25. The SMILES string of the molecule is CNC(c1ncccc1Cl)c1c(Br)cnn1C(C)C. The second-order valence-corrected chi connectivity index (χ2v) is 5.77. The van der Waals surface area contributed by atoms with Crippen LogP contribution >= 0.6 is 27.5 Å². The van der Waals surface area contributed by atoms with E-state index in [4.69, 9.17) is 11.6 Å². The summed E-state index contributed by atoms with van der Waals surface area (Å²) >= 11 is 9.81. The summed E-state index contributed by atoms with van der Waals surface area (Å²) in [6, 6.07) is 3.83. The van der Waals surface area contributed by atoms with Crippen LogP contribution in [0.15, 0.2) is 29.0 Å². The summed E-state index contributed by atoms with van der Waals surface area (Å²) < 4.78 is 2.92. The lowest BCUT2D eigenvalue weighted by atomic mass is 10.1. The van der Waals surface area contributed by atoms with Gasteiger partial charge >= 0.3 is 0 Å². The fourth-order valence-corrected chi connectivity index (χ4v) is 2.78. The number of nitrogens with one attached hydrogen (secondary N) is 1. The van der Waals surface area contributed by atoms with Gasteiger partial charge in [-0.3, -0.25) is 9.67 Å². The van der Waals surface area contributed by atoms with Crippen molar-refractivity contribution >= 4 is 27.5 Å². The lowest BCUT2D eigenvalue weighted by molar-refractivity contribution is 0.480. The highest BCUT2D eigenvalue weighted by Crippen LogP contribution is 2.32. The Morgan fingerprint density at radius 1 is 1.42 bits per heavy atom. The number of aromatic nitrogens is 3. The van der Waals surface area contributed by atoms with Crippen molar-refractivity contribution in [3.05, 3.63) is 45.4 Å². The number of halogens is 2. The molecule has 0 saturated carbocycles. The van der Waals surface area contributed by atoms with Crippen LogP contribution in [0.25, 0.3) is 0 Å². The topological polar surface area (TPSA) is 42.7 Å². The lowest BCUT2D eigenvalue weighted by Crippen LogP contribution is -2.24. The van der Waals surface area contributed by atoms with E-state index in [0.29, 0.717) is 5.02 Å². The minimum atomic E-state index is -0.104. The predicted molar refractivity (Wildman–Crippen MR) is 80.5 cm³/mol. The van der Waals surface area contributed by atoms with Crippen LogP contribution in [0.2, 0.25) is 5.02 Å². The molecule has 0 aromatic carbocycles. The number of hydrogen-bond acceptors (Lipinski definition) is 3. The van der Waals surface area contributed by atoms with Crippen LogP contribution in [-0.2, 0) is 0 Å². The average Bonchev–Trinajstić information content (AvgIpc) is 2.75. The molecule has 0 bridgehead atoms. The Labute approximate surface area is 126 Å². The Morgan fingerprint density at radius 3 is 2.74 bits per heavy atom. The van der Waals surface area contributed by atoms with E-state index in [0.717, 1.165) is 15.9 Å². The Hall–Kier alpha value is -0.910. The quantitative estimate of drug-likeness (QED) is 0.922. The van der Waals surface area contributed by atoms with E-state index < -0.39 is 0 Å². The molecule has 4 nitrogen and oxygen atoms in total. The minimum absolute atomic E-state index is 0.104. The standard InChI is InChI=1S/C13H16BrClN4/c1-8(2)19-13(9(14)7-18-19)12(16-3)11-10(15)5-4-6-17-11/h4-8,12,16H,1-3H3. The third kappa shape index (κ3) is 2.83. The zero-order chi connectivity index (χ0) is 14.0. The van der Waals surface area contributed by atoms with Crippen LogP contribution in [-0.4, -0.2) is 21.8 Å². The van der Waals surface area contributed by atoms with Gasteiger partial charge in [0.05, 0.1) is 33.1 Å². The number of hydrogen-bond donors (Lipinski definition) is 1. The van der Waals surface area contributed by atoms with Gasteiger partial charge in [-0.1, -0.05) is 11.6 Å². The minimum Gasteiger partial charge on any atom is -0.307 e. The summed E-state index contributed by atoms with van der Waals surface area (Å²) in [5, 5.41) is 8.30. The molecule has 0 aliphatic carbocycles. The summed E-state index contributed by atoms with van der Waals surface area (Å²) in [5.41, 5.74) is 1.83. The molecule has 6 heteroatoms. The monoisotopic (exact) mass is 342 g/mol. The summed E-state index contributed by atoms with van der Waals surface area (Å²) in [7, 11) is 1.89. The highest BCUT2D eigenvalue weighted by Gasteiger charge is 2.24. The molecule has 1 unspecified atom stereocenters. The predicted octanol–water partition coefficient (Wildman–Crippen LogP) is 3.58. The molecule has 2 aromatic rings. The summed E-state index contributed by atoms with van der Waals surface area (Å²) in [6.07, 6.45) is 3.55. The van der Waals surface area contributed by atoms with Crippen LogP contribution in [0.4, 0.5) is 0 Å². The molecule has 2 heterocycles. The van der Waals surface area contributed by atoms with Gasteiger partial charge < -0.3 is 5.32 Å². The van der Waals surface area contributed by atoms with E-state index in [-0.39, 0.29) is 12.1 Å². The average molecular weight is 344 g/mol. The Kier molecular flexibility index (Phi) is 4.60. The molecule has 1 N–H and O–H groups in total. The molecule has 0 saturated heterocycles. The van der Waals surface area contributed by atoms with E-state index in [2.05, 4.69) is 45.2 Å². The summed E-state index contributed by atoms with van der Waals surface area (Å²) in [5.74, 6) is 0. The highest BCUT2D eigenvalue weighted by molar-refractivity contribution is 9.10. The van der Waals surface area contributed by atoms with Crippen molar-refractivity contribution in [1.29, 1.82) is 0 Å². The van der Waals surface area contributed by atoms with Gasteiger partial charge in [-0.2, -0.15) is 5.10 Å². The molecule has 0 aliphatic heterocycles. The van der Waals surface area contributed by atoms with E-state index in [1.54, 1.807) is 12.4 Å². The van der Waals surface area contributed by atoms with Crippen LogP contribution < -0.4 is 5.32 Å². The number of pyridine rings is 1. The molecule has 0 amide bonds. The maximum Gasteiger partial charge on any atom is 0.0946 e. The van der Waals surface area contributed by atoms with Crippen molar-refractivity contribution in [2.24, 2.45) is 0 Å². The summed E-state index contributed by atoms with van der Waals surface area (Å²) in [4.78, 5) is 4.39. The van der Waals surface area contributed by atoms with Crippen LogP contribution in [0, 0.1) is 0 Å². The first-order valence-corrected chi connectivity index (χ1v) is 7.24. The van der Waals surface area contributed by atoms with E-state index in [9.17, 15) is 0 Å². The molecule has 19 heavy (non-hydrogen) atoms. The first-order valence-electron chi connectivity index (χ1n) is 6.06. The largest absolute Gasteiger partial charge is 0.307 e. The zero-order valence-electron chi connectivity index (χ0n) is 11.1.